The highest BCUT2D eigenvalue weighted by molar-refractivity contribution is 7.07. The van der Waals surface area contributed by atoms with E-state index in [2.05, 4.69) is 15.6 Å². The minimum absolute atomic E-state index is 0.215. The summed E-state index contributed by atoms with van der Waals surface area (Å²) in [5.74, 6) is 0.233. The highest BCUT2D eigenvalue weighted by Gasteiger charge is 2.33. The third-order valence-electron chi connectivity index (χ3n) is 6.87. The molecule has 1 atom stereocenters. The molecule has 1 aliphatic heterocycles. The van der Waals surface area contributed by atoms with Crippen LogP contribution >= 0.6 is 22.9 Å². The Balaban J connectivity index is 1.66. The first kappa shape index (κ1) is 27.7. The molecule has 0 saturated carbocycles. The molecular formula is C31H30ClN3O4S. The number of halogens is 1. The fourth-order valence-corrected chi connectivity index (χ4v) is 6.25. The van der Waals surface area contributed by atoms with Gasteiger partial charge in [-0.25, -0.2) is 9.79 Å². The highest BCUT2D eigenvalue weighted by Crippen LogP contribution is 2.32. The molecule has 0 bridgehead atoms. The molecule has 7 nitrogen and oxygen atoms in total. The summed E-state index contributed by atoms with van der Waals surface area (Å²) in [7, 11) is 0. The summed E-state index contributed by atoms with van der Waals surface area (Å²) in [6.07, 6.45) is 1.90. The summed E-state index contributed by atoms with van der Waals surface area (Å²) in [6, 6.07) is 16.5. The molecule has 4 aromatic rings. The molecule has 1 aliphatic rings. The van der Waals surface area contributed by atoms with Crippen LogP contribution in [0.5, 0.6) is 5.75 Å². The lowest BCUT2D eigenvalue weighted by Gasteiger charge is -2.24. The van der Waals surface area contributed by atoms with E-state index in [1.54, 1.807) is 18.4 Å². The van der Waals surface area contributed by atoms with Crippen molar-refractivity contribution in [3.8, 4) is 11.4 Å². The molecule has 3 heterocycles. The molecule has 0 aliphatic carbocycles. The Kier molecular flexibility index (Phi) is 7.83. The fraction of sp³-hybridized carbons (Fsp3) is 0.258. The predicted molar refractivity (Wildman–Crippen MR) is 158 cm³/mol. The third-order valence-corrected chi connectivity index (χ3v) is 8.10. The van der Waals surface area contributed by atoms with Gasteiger partial charge in [-0.3, -0.25) is 9.36 Å². The number of nitrogens with zero attached hydrogens (tertiary/aromatic N) is 3. The van der Waals surface area contributed by atoms with Gasteiger partial charge in [-0.15, -0.1) is 0 Å². The maximum Gasteiger partial charge on any atom is 0.338 e. The summed E-state index contributed by atoms with van der Waals surface area (Å²) in [4.78, 5) is 32.3. The predicted octanol–water partition coefficient (Wildman–Crippen LogP) is 5.26. The lowest BCUT2D eigenvalue weighted by atomic mass is 9.96. The first-order chi connectivity index (χ1) is 19.2. The van der Waals surface area contributed by atoms with Crippen LogP contribution in [0.1, 0.15) is 49.3 Å². The van der Waals surface area contributed by atoms with Crippen molar-refractivity contribution >= 4 is 35.0 Å². The van der Waals surface area contributed by atoms with E-state index in [4.69, 9.17) is 21.1 Å². The Labute approximate surface area is 241 Å². The molecule has 206 valence electrons. The van der Waals surface area contributed by atoms with Gasteiger partial charge >= 0.3 is 5.97 Å². The molecule has 0 spiro atoms. The number of carbonyl (C=O) groups is 1. The van der Waals surface area contributed by atoms with Crippen LogP contribution < -0.4 is 19.6 Å². The average Bonchev–Trinajstić information content (AvgIpc) is 3.38. The van der Waals surface area contributed by atoms with E-state index < -0.39 is 12.0 Å². The second kappa shape index (κ2) is 11.3. The number of hydrogen-bond donors (Lipinski definition) is 0. The van der Waals surface area contributed by atoms with Gasteiger partial charge in [0.2, 0.25) is 0 Å². The SMILES string of the molecule is CCOC(=O)C1=C(C)N=c2s/c(=C\c3cc(C)n(-c4ccc(Cl)cc4)c3C)c(=O)n2C1c1ccc(OCC)cc1. The quantitative estimate of drug-likeness (QED) is 0.282. The summed E-state index contributed by atoms with van der Waals surface area (Å²) in [6.45, 7) is 10.3. The fourth-order valence-electron chi connectivity index (χ4n) is 5.08. The molecular weight excluding hydrogens is 546 g/mol. The number of ether oxygens (including phenoxy) is 2. The molecule has 40 heavy (non-hydrogen) atoms. The van der Waals surface area contributed by atoms with E-state index in [1.807, 2.05) is 75.4 Å². The van der Waals surface area contributed by atoms with Gasteiger partial charge in [0, 0.05) is 22.1 Å². The zero-order valence-corrected chi connectivity index (χ0v) is 24.6. The van der Waals surface area contributed by atoms with Gasteiger partial charge in [0.05, 0.1) is 35.1 Å². The van der Waals surface area contributed by atoms with Crippen molar-refractivity contribution < 1.29 is 14.3 Å². The van der Waals surface area contributed by atoms with Crippen LogP contribution in [0.25, 0.3) is 11.8 Å². The minimum Gasteiger partial charge on any atom is -0.494 e. The molecule has 2 aromatic carbocycles. The Morgan fingerprint density at radius 2 is 1.75 bits per heavy atom. The summed E-state index contributed by atoms with van der Waals surface area (Å²) in [5, 5.41) is 0.673. The van der Waals surface area contributed by atoms with E-state index in [9.17, 15) is 9.59 Å². The number of thiazole rings is 1. The van der Waals surface area contributed by atoms with Crippen molar-refractivity contribution in [1.29, 1.82) is 0 Å². The van der Waals surface area contributed by atoms with Crippen molar-refractivity contribution in [1.82, 2.24) is 9.13 Å². The normalized spacial score (nSPS) is 15.2. The molecule has 0 N–H and O–H groups in total. The van der Waals surface area contributed by atoms with Crippen molar-refractivity contribution in [2.24, 2.45) is 4.99 Å². The number of esters is 1. The highest BCUT2D eigenvalue weighted by atomic mass is 35.5. The molecule has 9 heteroatoms. The molecule has 2 aromatic heterocycles. The number of hydrogen-bond acceptors (Lipinski definition) is 6. The first-order valence-corrected chi connectivity index (χ1v) is 14.3. The molecule has 0 radical (unpaired) electrons. The summed E-state index contributed by atoms with van der Waals surface area (Å²) < 4.78 is 15.3. The number of aryl methyl sites for hydroxylation is 1. The molecule has 1 unspecified atom stereocenters. The van der Waals surface area contributed by atoms with Gasteiger partial charge in [-0.2, -0.15) is 0 Å². The van der Waals surface area contributed by atoms with E-state index >= 15 is 0 Å². The molecule has 0 fully saturated rings. The third kappa shape index (κ3) is 5.05. The van der Waals surface area contributed by atoms with Gasteiger partial charge in [0.15, 0.2) is 4.80 Å². The number of rotatable bonds is 7. The Morgan fingerprint density at radius 1 is 1.05 bits per heavy atom. The molecule has 0 amide bonds. The standard InChI is InChI=1S/C31H30ClN3O4S/c1-6-38-25-14-8-21(9-15-25)28-27(30(37)39-7-2)19(4)33-31-35(28)29(36)26(40-31)17-22-16-18(3)34(20(22)5)24-12-10-23(32)11-13-24/h8-17,28H,6-7H2,1-5H3/b26-17-. The zero-order valence-electron chi connectivity index (χ0n) is 23.0. The van der Waals surface area contributed by atoms with Crippen molar-refractivity contribution in [2.75, 3.05) is 13.2 Å². The van der Waals surface area contributed by atoms with E-state index in [0.717, 1.165) is 28.2 Å². The van der Waals surface area contributed by atoms with Gasteiger partial charge in [-0.05, 0) is 94.3 Å². The maximum absolute atomic E-state index is 14.0. The van der Waals surface area contributed by atoms with E-state index in [1.165, 1.54) is 11.3 Å². The lowest BCUT2D eigenvalue weighted by molar-refractivity contribution is -0.139. The summed E-state index contributed by atoms with van der Waals surface area (Å²) in [5.41, 5.74) is 5.39. The van der Waals surface area contributed by atoms with Crippen LogP contribution in [-0.2, 0) is 9.53 Å². The number of allylic oxidation sites excluding steroid dienone is 1. The van der Waals surface area contributed by atoms with Crippen LogP contribution in [0.15, 0.2) is 75.7 Å². The first-order valence-electron chi connectivity index (χ1n) is 13.1. The number of fused-ring (bicyclic) bond motifs is 1. The second-order valence-corrected chi connectivity index (χ2v) is 10.9. The van der Waals surface area contributed by atoms with Crippen LogP contribution in [0, 0.1) is 13.8 Å². The summed E-state index contributed by atoms with van der Waals surface area (Å²) >= 11 is 7.40. The number of benzene rings is 2. The lowest BCUT2D eigenvalue weighted by Crippen LogP contribution is -2.39. The van der Waals surface area contributed by atoms with Crippen molar-refractivity contribution in [2.45, 2.75) is 40.7 Å². The number of carbonyl (C=O) groups excluding carboxylic acids is 1. The van der Waals surface area contributed by atoms with Crippen LogP contribution in [0.4, 0.5) is 0 Å². The Hall–Kier alpha value is -3.88. The smallest absolute Gasteiger partial charge is 0.338 e. The van der Waals surface area contributed by atoms with Gasteiger partial charge in [0.25, 0.3) is 5.56 Å². The molecule has 5 rings (SSSR count). The van der Waals surface area contributed by atoms with Gasteiger partial charge < -0.3 is 14.0 Å². The Morgan fingerprint density at radius 3 is 2.40 bits per heavy atom. The van der Waals surface area contributed by atoms with Crippen LogP contribution in [-0.4, -0.2) is 28.3 Å². The molecule has 0 saturated heterocycles. The van der Waals surface area contributed by atoms with Crippen LogP contribution in [0.3, 0.4) is 0 Å². The average molecular weight is 576 g/mol. The van der Waals surface area contributed by atoms with Crippen molar-refractivity contribution in [3.63, 3.8) is 0 Å². The van der Waals surface area contributed by atoms with Crippen molar-refractivity contribution in [3.05, 3.63) is 113 Å². The van der Waals surface area contributed by atoms with E-state index in [-0.39, 0.29) is 12.2 Å². The van der Waals surface area contributed by atoms with Gasteiger partial charge in [-0.1, -0.05) is 35.1 Å². The minimum atomic E-state index is -0.672. The van der Waals surface area contributed by atoms with E-state index in [0.29, 0.717) is 38.0 Å². The second-order valence-electron chi connectivity index (χ2n) is 9.44. The largest absolute Gasteiger partial charge is 0.494 e. The maximum atomic E-state index is 14.0. The number of aromatic nitrogens is 2. The monoisotopic (exact) mass is 575 g/mol. The van der Waals surface area contributed by atoms with Gasteiger partial charge in [0.1, 0.15) is 5.75 Å². The van der Waals surface area contributed by atoms with Crippen LogP contribution in [0.2, 0.25) is 5.02 Å². The Bertz CT molecular complexity index is 1790. The zero-order chi connectivity index (χ0) is 28.6. The topological polar surface area (TPSA) is 74.8 Å².